The van der Waals surface area contributed by atoms with Gasteiger partial charge >= 0.3 is 6.18 Å². The summed E-state index contributed by atoms with van der Waals surface area (Å²) in [5.74, 6) is -0.137. The Morgan fingerprint density at radius 3 is 2.43 bits per heavy atom. The van der Waals surface area contributed by atoms with E-state index in [9.17, 15) is 18.0 Å². The number of piperazine rings is 1. The Hall–Kier alpha value is -2.46. The highest BCUT2D eigenvalue weighted by Gasteiger charge is 2.36. The third-order valence-corrected chi connectivity index (χ3v) is 5.70. The van der Waals surface area contributed by atoms with Crippen LogP contribution in [0.3, 0.4) is 0 Å². The lowest BCUT2D eigenvalue weighted by molar-refractivity contribution is -0.142. The van der Waals surface area contributed by atoms with Crippen LogP contribution in [0.2, 0.25) is 0 Å². The molecule has 30 heavy (non-hydrogen) atoms. The largest absolute Gasteiger partial charge is 0.433 e. The van der Waals surface area contributed by atoms with Crippen molar-refractivity contribution in [2.75, 3.05) is 33.2 Å². The Morgan fingerprint density at radius 2 is 1.80 bits per heavy atom. The van der Waals surface area contributed by atoms with Crippen LogP contribution in [0.25, 0.3) is 16.9 Å². The van der Waals surface area contributed by atoms with E-state index in [2.05, 4.69) is 30.9 Å². The van der Waals surface area contributed by atoms with Gasteiger partial charge in [-0.15, -0.1) is 0 Å². The number of fused-ring (bicyclic) bond motifs is 1. The zero-order valence-corrected chi connectivity index (χ0v) is 17.7. The third-order valence-electron chi connectivity index (χ3n) is 5.17. The van der Waals surface area contributed by atoms with Gasteiger partial charge < -0.3 is 9.80 Å². The molecule has 0 saturated carbocycles. The number of alkyl halides is 3. The predicted molar refractivity (Wildman–Crippen MR) is 109 cm³/mol. The smallest absolute Gasteiger partial charge is 0.340 e. The van der Waals surface area contributed by atoms with Crippen LogP contribution in [0.5, 0.6) is 0 Å². The highest BCUT2D eigenvalue weighted by atomic mass is 79.9. The minimum absolute atomic E-state index is 0.0404. The topological polar surface area (TPSA) is 53.7 Å². The van der Waals surface area contributed by atoms with Gasteiger partial charge in [0.05, 0.1) is 18.3 Å². The molecule has 10 heteroatoms. The lowest BCUT2D eigenvalue weighted by Crippen LogP contribution is -2.47. The minimum Gasteiger partial charge on any atom is -0.340 e. The number of carbonyl (C=O) groups is 1. The molecule has 0 unspecified atom stereocenters. The summed E-state index contributed by atoms with van der Waals surface area (Å²) in [6.45, 7) is 2.73. The van der Waals surface area contributed by atoms with E-state index >= 15 is 0 Å². The van der Waals surface area contributed by atoms with E-state index in [1.165, 1.54) is 6.20 Å². The zero-order chi connectivity index (χ0) is 21.5. The molecule has 2 aromatic heterocycles. The first-order chi connectivity index (χ1) is 14.2. The predicted octanol–water partition coefficient (Wildman–Crippen LogP) is 3.49. The van der Waals surface area contributed by atoms with Gasteiger partial charge in [0.25, 0.3) is 0 Å². The molecule has 4 rings (SSSR count). The van der Waals surface area contributed by atoms with Gasteiger partial charge in [0.2, 0.25) is 5.91 Å². The third kappa shape index (κ3) is 4.20. The van der Waals surface area contributed by atoms with Crippen LogP contribution < -0.4 is 0 Å². The molecule has 1 amide bonds. The van der Waals surface area contributed by atoms with Crippen LogP contribution in [0, 0.1) is 0 Å². The Balaban J connectivity index is 1.73. The number of carbonyl (C=O) groups excluding carboxylic acids is 1. The van der Waals surface area contributed by atoms with Crippen LogP contribution in [-0.2, 0) is 17.4 Å². The van der Waals surface area contributed by atoms with Crippen LogP contribution in [-0.4, -0.2) is 63.5 Å². The number of nitrogens with zero attached hydrogens (tertiary/aromatic N) is 5. The van der Waals surface area contributed by atoms with Crippen molar-refractivity contribution in [2.24, 2.45) is 0 Å². The standard InChI is InChI=1S/C20H19BrF3N5O/c1-27-6-8-28(9-7-27)18(30)10-14-12-25-29-17(20(22,23)24)11-16(26-19(14)29)13-2-4-15(21)5-3-13/h2-5,11-12H,6-10H2,1H3. The van der Waals surface area contributed by atoms with E-state index < -0.39 is 11.9 Å². The van der Waals surface area contributed by atoms with Crippen molar-refractivity contribution in [2.45, 2.75) is 12.6 Å². The molecular formula is C20H19BrF3N5O. The second-order valence-corrected chi connectivity index (χ2v) is 8.21. The fourth-order valence-electron chi connectivity index (χ4n) is 3.43. The maximum Gasteiger partial charge on any atom is 0.433 e. The number of aromatic nitrogens is 3. The summed E-state index contributed by atoms with van der Waals surface area (Å²) in [6.07, 6.45) is -3.35. The molecular weight excluding hydrogens is 463 g/mol. The monoisotopic (exact) mass is 481 g/mol. The van der Waals surface area contributed by atoms with Crippen molar-refractivity contribution in [3.8, 4) is 11.3 Å². The van der Waals surface area contributed by atoms with Crippen molar-refractivity contribution in [1.82, 2.24) is 24.4 Å². The molecule has 1 aromatic carbocycles. The summed E-state index contributed by atoms with van der Waals surface area (Å²) >= 11 is 3.32. The molecule has 158 valence electrons. The lowest BCUT2D eigenvalue weighted by atomic mass is 10.1. The highest BCUT2D eigenvalue weighted by Crippen LogP contribution is 2.33. The van der Waals surface area contributed by atoms with E-state index in [4.69, 9.17) is 0 Å². The van der Waals surface area contributed by atoms with Gasteiger partial charge in [-0.05, 0) is 25.2 Å². The summed E-state index contributed by atoms with van der Waals surface area (Å²) in [4.78, 5) is 21.0. The molecule has 0 bridgehead atoms. The molecule has 1 saturated heterocycles. The average Bonchev–Trinajstić information content (AvgIpc) is 3.10. The molecule has 1 fully saturated rings. The number of benzene rings is 1. The van der Waals surface area contributed by atoms with Crippen molar-refractivity contribution < 1.29 is 18.0 Å². The van der Waals surface area contributed by atoms with E-state index in [1.807, 2.05) is 7.05 Å². The fourth-order valence-corrected chi connectivity index (χ4v) is 3.70. The molecule has 1 aliphatic heterocycles. The average molecular weight is 482 g/mol. The zero-order valence-electron chi connectivity index (χ0n) is 16.2. The number of hydrogen-bond acceptors (Lipinski definition) is 4. The molecule has 6 nitrogen and oxygen atoms in total. The maximum atomic E-state index is 13.7. The Bertz CT molecular complexity index is 1070. The van der Waals surface area contributed by atoms with Gasteiger partial charge in [-0.3, -0.25) is 4.79 Å². The van der Waals surface area contributed by atoms with Gasteiger partial charge in [-0.1, -0.05) is 28.1 Å². The first kappa shape index (κ1) is 20.8. The second kappa shape index (κ2) is 7.99. The number of halogens is 4. The van der Waals surface area contributed by atoms with Crippen molar-refractivity contribution in [3.63, 3.8) is 0 Å². The number of hydrogen-bond donors (Lipinski definition) is 0. The first-order valence-electron chi connectivity index (χ1n) is 9.39. The summed E-state index contributed by atoms with van der Waals surface area (Å²) in [7, 11) is 1.99. The molecule has 0 N–H and O–H groups in total. The lowest BCUT2D eigenvalue weighted by Gasteiger charge is -2.32. The van der Waals surface area contributed by atoms with Crippen molar-refractivity contribution in [1.29, 1.82) is 0 Å². The van der Waals surface area contributed by atoms with Gasteiger partial charge in [0.15, 0.2) is 11.3 Å². The minimum atomic E-state index is -4.62. The van der Waals surface area contributed by atoms with E-state index in [-0.39, 0.29) is 23.7 Å². The number of likely N-dealkylation sites (N-methyl/N-ethyl adjacent to an activating group) is 1. The Morgan fingerprint density at radius 1 is 1.13 bits per heavy atom. The molecule has 0 aliphatic carbocycles. The van der Waals surface area contributed by atoms with Crippen LogP contribution in [0.4, 0.5) is 13.2 Å². The van der Waals surface area contributed by atoms with Crippen LogP contribution in [0.1, 0.15) is 11.3 Å². The molecule has 0 atom stereocenters. The molecule has 1 aliphatic rings. The second-order valence-electron chi connectivity index (χ2n) is 7.30. The molecule has 3 heterocycles. The molecule has 0 spiro atoms. The van der Waals surface area contributed by atoms with E-state index in [0.29, 0.717) is 24.2 Å². The van der Waals surface area contributed by atoms with Crippen molar-refractivity contribution >= 4 is 27.5 Å². The number of rotatable bonds is 3. The van der Waals surface area contributed by atoms with Gasteiger partial charge in [-0.2, -0.15) is 18.3 Å². The summed E-state index contributed by atoms with van der Waals surface area (Å²) < 4.78 is 42.7. The van der Waals surface area contributed by atoms with Crippen LogP contribution in [0.15, 0.2) is 41.0 Å². The summed E-state index contributed by atoms with van der Waals surface area (Å²) in [6, 6.07) is 7.84. The van der Waals surface area contributed by atoms with E-state index in [0.717, 1.165) is 28.1 Å². The van der Waals surface area contributed by atoms with Gasteiger partial charge in [0.1, 0.15) is 0 Å². The molecule has 0 radical (unpaired) electrons. The quantitative estimate of drug-likeness (QED) is 0.574. The number of amides is 1. The van der Waals surface area contributed by atoms with Crippen molar-refractivity contribution in [3.05, 3.63) is 52.3 Å². The highest BCUT2D eigenvalue weighted by molar-refractivity contribution is 9.10. The van der Waals surface area contributed by atoms with E-state index in [1.54, 1.807) is 29.2 Å². The Kier molecular flexibility index (Phi) is 5.54. The van der Waals surface area contributed by atoms with Gasteiger partial charge in [0, 0.05) is 41.8 Å². The fraction of sp³-hybridized carbons (Fsp3) is 0.350. The maximum absolute atomic E-state index is 13.7. The summed E-state index contributed by atoms with van der Waals surface area (Å²) in [5, 5.41) is 3.89. The summed E-state index contributed by atoms with van der Waals surface area (Å²) in [5.41, 5.74) is 0.220. The van der Waals surface area contributed by atoms with Crippen LogP contribution >= 0.6 is 15.9 Å². The SMILES string of the molecule is CN1CCN(C(=O)Cc2cnn3c(C(F)(F)F)cc(-c4ccc(Br)cc4)nc23)CC1. The van der Waals surface area contributed by atoms with Gasteiger partial charge in [-0.25, -0.2) is 9.50 Å². The normalized spacial score (nSPS) is 15.7. The molecule has 3 aromatic rings. The Labute approximate surface area is 179 Å². The first-order valence-corrected chi connectivity index (χ1v) is 10.2.